The van der Waals surface area contributed by atoms with E-state index in [9.17, 15) is 14.0 Å². The topological polar surface area (TPSA) is 106 Å². The first-order valence-corrected chi connectivity index (χ1v) is 15.4. The Morgan fingerprint density at radius 1 is 0.870 bits per heavy atom. The summed E-state index contributed by atoms with van der Waals surface area (Å²) in [6, 6.07) is 17.1. The number of halogens is 1. The van der Waals surface area contributed by atoms with E-state index in [1.807, 2.05) is 51.0 Å². The van der Waals surface area contributed by atoms with Crippen molar-refractivity contribution in [1.29, 1.82) is 0 Å². The van der Waals surface area contributed by atoms with E-state index in [0.29, 0.717) is 39.2 Å². The zero-order valence-electron chi connectivity index (χ0n) is 27.0. The van der Waals surface area contributed by atoms with Crippen molar-refractivity contribution in [3.8, 4) is 17.2 Å². The number of thioether (sulfide) groups is 1. The zero-order chi connectivity index (χ0) is 33.4. The molecule has 0 aliphatic heterocycles. The number of ether oxygens (including phenoxy) is 3. The fourth-order valence-corrected chi connectivity index (χ4v) is 5.70. The van der Waals surface area contributed by atoms with E-state index in [0.717, 1.165) is 17.1 Å². The maximum atomic E-state index is 14.3. The number of methoxy groups -OCH3 is 3. The van der Waals surface area contributed by atoms with Gasteiger partial charge in [-0.1, -0.05) is 23.9 Å². The summed E-state index contributed by atoms with van der Waals surface area (Å²) in [5.41, 5.74) is 4.10. The van der Waals surface area contributed by atoms with Crippen LogP contribution >= 0.6 is 11.8 Å². The number of aromatic nitrogens is 2. The smallest absolute Gasteiger partial charge is 0.251 e. The highest BCUT2D eigenvalue weighted by atomic mass is 32.2. The van der Waals surface area contributed by atoms with Crippen LogP contribution in [-0.4, -0.2) is 67.9 Å². The van der Waals surface area contributed by atoms with Crippen LogP contribution in [0.5, 0.6) is 17.2 Å². The molecule has 0 aliphatic carbocycles. The van der Waals surface area contributed by atoms with E-state index in [2.05, 4.69) is 15.3 Å². The minimum absolute atomic E-state index is 0.00168. The minimum Gasteiger partial charge on any atom is -0.493 e. The standard InChI is InChI=1S/C34H38FN5O5S/c1-21-16-22(2)37-34(36-21)46-20-30(41)40(19-23-8-10-25(35)11-9-23)31(24-17-28(43-5)32(45-7)29(18-24)44-6)33(42)38-26-12-14-27(15-13-26)39(3)4/h8-18,31H,19-20H2,1-7H3,(H,38,42)/t31-/m1/s1. The minimum atomic E-state index is -1.17. The molecule has 2 amide bonds. The number of rotatable bonds is 13. The molecule has 1 atom stereocenters. The number of carbonyl (C=O) groups is 2. The fourth-order valence-electron chi connectivity index (χ4n) is 4.86. The summed E-state index contributed by atoms with van der Waals surface area (Å²) in [7, 11) is 8.29. The molecule has 4 aromatic rings. The summed E-state index contributed by atoms with van der Waals surface area (Å²) in [5, 5.41) is 3.42. The lowest BCUT2D eigenvalue weighted by Gasteiger charge is -2.32. The highest BCUT2D eigenvalue weighted by Crippen LogP contribution is 2.41. The Morgan fingerprint density at radius 3 is 1.98 bits per heavy atom. The van der Waals surface area contributed by atoms with Gasteiger partial charge in [0.05, 0.1) is 27.1 Å². The molecular formula is C34H38FN5O5S. The summed E-state index contributed by atoms with van der Waals surface area (Å²) >= 11 is 1.17. The predicted octanol–water partition coefficient (Wildman–Crippen LogP) is 5.83. The van der Waals surface area contributed by atoms with Crippen LogP contribution in [0.25, 0.3) is 0 Å². The number of nitrogens with zero attached hydrogens (tertiary/aromatic N) is 4. The molecule has 12 heteroatoms. The molecule has 46 heavy (non-hydrogen) atoms. The maximum Gasteiger partial charge on any atom is 0.251 e. The van der Waals surface area contributed by atoms with Crippen LogP contribution in [0.15, 0.2) is 71.9 Å². The van der Waals surface area contributed by atoms with Crippen molar-refractivity contribution in [2.24, 2.45) is 0 Å². The molecule has 0 unspecified atom stereocenters. The number of hydrogen-bond donors (Lipinski definition) is 1. The third kappa shape index (κ3) is 8.45. The second kappa shape index (κ2) is 15.4. The number of nitrogens with one attached hydrogen (secondary N) is 1. The molecule has 3 aromatic carbocycles. The normalized spacial score (nSPS) is 11.4. The van der Waals surface area contributed by atoms with Crippen molar-refractivity contribution in [2.75, 3.05) is 51.4 Å². The van der Waals surface area contributed by atoms with E-state index in [-0.39, 0.29) is 18.2 Å². The molecule has 10 nitrogen and oxygen atoms in total. The molecule has 0 fully saturated rings. The third-order valence-electron chi connectivity index (χ3n) is 7.09. The molecular weight excluding hydrogens is 609 g/mol. The van der Waals surface area contributed by atoms with Gasteiger partial charge in [-0.3, -0.25) is 9.59 Å². The van der Waals surface area contributed by atoms with Gasteiger partial charge >= 0.3 is 0 Å². The molecule has 0 aliphatic rings. The van der Waals surface area contributed by atoms with Gasteiger partial charge in [-0.05, 0) is 79.6 Å². The van der Waals surface area contributed by atoms with Gasteiger partial charge in [0.2, 0.25) is 11.7 Å². The van der Waals surface area contributed by atoms with E-state index >= 15 is 0 Å². The lowest BCUT2D eigenvalue weighted by atomic mass is 10.0. The number of anilines is 2. The molecule has 0 spiro atoms. The van der Waals surface area contributed by atoms with Crippen molar-refractivity contribution in [1.82, 2.24) is 14.9 Å². The van der Waals surface area contributed by atoms with Gasteiger partial charge in [0, 0.05) is 43.4 Å². The van der Waals surface area contributed by atoms with Crippen molar-refractivity contribution < 1.29 is 28.2 Å². The van der Waals surface area contributed by atoms with Gasteiger partial charge < -0.3 is 29.3 Å². The van der Waals surface area contributed by atoms with Crippen LogP contribution in [0.3, 0.4) is 0 Å². The van der Waals surface area contributed by atoms with Gasteiger partial charge in [0.25, 0.3) is 5.91 Å². The van der Waals surface area contributed by atoms with Crippen molar-refractivity contribution >= 4 is 35.0 Å². The van der Waals surface area contributed by atoms with Gasteiger partial charge in [-0.25, -0.2) is 14.4 Å². The Labute approximate surface area is 272 Å². The van der Waals surface area contributed by atoms with Crippen LogP contribution < -0.4 is 24.4 Å². The molecule has 0 radical (unpaired) electrons. The highest BCUT2D eigenvalue weighted by Gasteiger charge is 2.34. The van der Waals surface area contributed by atoms with Gasteiger partial charge in [0.1, 0.15) is 11.9 Å². The van der Waals surface area contributed by atoms with Crippen LogP contribution in [0.4, 0.5) is 15.8 Å². The van der Waals surface area contributed by atoms with Gasteiger partial charge in [-0.2, -0.15) is 0 Å². The Bertz CT molecular complexity index is 1620. The molecule has 0 saturated carbocycles. The number of aryl methyl sites for hydroxylation is 2. The van der Waals surface area contributed by atoms with Crippen LogP contribution in [0.2, 0.25) is 0 Å². The van der Waals surface area contributed by atoms with Crippen molar-refractivity contribution in [3.05, 3.63) is 95.1 Å². The lowest BCUT2D eigenvalue weighted by Crippen LogP contribution is -2.42. The fraction of sp³-hybridized carbons (Fsp3) is 0.294. The van der Waals surface area contributed by atoms with E-state index in [1.165, 1.54) is 50.1 Å². The highest BCUT2D eigenvalue weighted by molar-refractivity contribution is 7.99. The Morgan fingerprint density at radius 2 is 1.46 bits per heavy atom. The SMILES string of the molecule is COc1cc([C@H](C(=O)Nc2ccc(N(C)C)cc2)N(Cc2ccc(F)cc2)C(=O)CSc2nc(C)cc(C)n2)cc(OC)c1OC. The summed E-state index contributed by atoms with van der Waals surface area (Å²) in [6.07, 6.45) is 0. The second-order valence-corrected chi connectivity index (χ2v) is 11.6. The number of carbonyl (C=O) groups excluding carboxylic acids is 2. The zero-order valence-corrected chi connectivity index (χ0v) is 27.8. The number of amides is 2. The van der Waals surface area contributed by atoms with Gasteiger partial charge in [0.15, 0.2) is 16.7 Å². The first-order chi connectivity index (χ1) is 22.0. The number of hydrogen-bond acceptors (Lipinski definition) is 9. The molecule has 0 saturated heterocycles. The molecule has 0 bridgehead atoms. The van der Waals surface area contributed by atoms with Crippen LogP contribution in [0.1, 0.15) is 28.6 Å². The summed E-state index contributed by atoms with van der Waals surface area (Å²) in [6.45, 7) is 3.72. The monoisotopic (exact) mass is 647 g/mol. The van der Waals surface area contributed by atoms with Crippen molar-refractivity contribution in [2.45, 2.75) is 31.6 Å². The summed E-state index contributed by atoms with van der Waals surface area (Å²) in [4.78, 5) is 40.8. The van der Waals surface area contributed by atoms with Crippen molar-refractivity contribution in [3.63, 3.8) is 0 Å². The molecule has 242 valence electrons. The average Bonchev–Trinajstić information content (AvgIpc) is 3.03. The van der Waals surface area contributed by atoms with E-state index < -0.39 is 17.8 Å². The van der Waals surface area contributed by atoms with E-state index in [1.54, 1.807) is 36.4 Å². The first-order valence-electron chi connectivity index (χ1n) is 14.4. The largest absolute Gasteiger partial charge is 0.493 e. The molecule has 1 aromatic heterocycles. The summed E-state index contributed by atoms with van der Waals surface area (Å²) in [5.74, 6) is -0.343. The third-order valence-corrected chi connectivity index (χ3v) is 7.92. The number of benzene rings is 3. The van der Waals surface area contributed by atoms with Crippen LogP contribution in [0, 0.1) is 19.7 Å². The quantitative estimate of drug-likeness (QED) is 0.142. The predicted molar refractivity (Wildman–Crippen MR) is 177 cm³/mol. The molecule has 1 heterocycles. The lowest BCUT2D eigenvalue weighted by molar-refractivity contribution is -0.137. The van der Waals surface area contributed by atoms with Gasteiger partial charge in [-0.15, -0.1) is 0 Å². The second-order valence-electron chi connectivity index (χ2n) is 10.7. The Hall–Kier alpha value is -4.84. The van der Waals surface area contributed by atoms with E-state index in [4.69, 9.17) is 14.2 Å². The Balaban J connectivity index is 1.81. The average molecular weight is 648 g/mol. The Kier molecular flexibility index (Phi) is 11.4. The molecule has 4 rings (SSSR count). The first kappa shape index (κ1) is 34.0. The summed E-state index contributed by atoms with van der Waals surface area (Å²) < 4.78 is 30.6. The molecule has 1 N–H and O–H groups in total. The maximum absolute atomic E-state index is 14.3. The van der Waals surface area contributed by atoms with Crippen LogP contribution in [-0.2, 0) is 16.1 Å².